The van der Waals surface area contributed by atoms with Crippen LogP contribution in [0.25, 0.3) is 0 Å². The highest BCUT2D eigenvalue weighted by Crippen LogP contribution is 2.21. The molecule has 6 heteroatoms. The minimum Gasteiger partial charge on any atom is -0.339 e. The van der Waals surface area contributed by atoms with Crippen molar-refractivity contribution >= 4 is 17.5 Å². The fourth-order valence-corrected chi connectivity index (χ4v) is 3.61. The van der Waals surface area contributed by atoms with Gasteiger partial charge in [0.05, 0.1) is 11.4 Å². The lowest BCUT2D eigenvalue weighted by molar-refractivity contribution is -0.132. The average Bonchev–Trinajstić information content (AvgIpc) is 2.83. The van der Waals surface area contributed by atoms with Crippen LogP contribution in [0, 0.1) is 6.92 Å². The Hall–Kier alpha value is -1.07. The lowest BCUT2D eigenvalue weighted by atomic mass is 10.1. The minimum absolute atomic E-state index is 0.0548. The van der Waals surface area contributed by atoms with Crippen LogP contribution in [0.2, 0.25) is 0 Å². The number of nitrogens with zero attached hydrogens (tertiary/aromatic N) is 4. The first-order valence-corrected chi connectivity index (χ1v) is 8.70. The third-order valence-corrected chi connectivity index (χ3v) is 4.97. The Kier molecular flexibility index (Phi) is 4.73. The van der Waals surface area contributed by atoms with E-state index in [0.29, 0.717) is 0 Å². The second-order valence-corrected chi connectivity index (χ2v) is 7.04. The van der Waals surface area contributed by atoms with Gasteiger partial charge in [-0.15, -0.1) is 11.6 Å². The molecule has 0 saturated carbocycles. The molecule has 0 N–H and O–H groups in total. The smallest absolute Gasteiger partial charge is 0.240 e. The molecule has 1 aromatic rings. The predicted octanol–water partition coefficient (Wildman–Crippen LogP) is 1.80. The van der Waals surface area contributed by atoms with E-state index in [9.17, 15) is 4.79 Å². The van der Waals surface area contributed by atoms with E-state index in [1.807, 2.05) is 4.90 Å². The van der Waals surface area contributed by atoms with Crippen LogP contribution in [0.4, 0.5) is 0 Å². The lowest BCUT2D eigenvalue weighted by Crippen LogP contribution is -2.50. The Bertz CT molecular complexity index is 547. The number of carbonyl (C=O) groups excluding carboxylic acids is 1. The molecule has 2 aliphatic heterocycles. The van der Waals surface area contributed by atoms with Gasteiger partial charge in [-0.1, -0.05) is 0 Å². The molecule has 5 nitrogen and oxygen atoms in total. The molecule has 3 heterocycles. The van der Waals surface area contributed by atoms with Gasteiger partial charge in [0.1, 0.15) is 11.2 Å². The number of aromatic nitrogens is 2. The number of amides is 1. The average molecular weight is 325 g/mol. The van der Waals surface area contributed by atoms with Crippen LogP contribution < -0.4 is 0 Å². The summed E-state index contributed by atoms with van der Waals surface area (Å²) in [6.45, 7) is 9.29. The van der Waals surface area contributed by atoms with Crippen LogP contribution in [-0.2, 0) is 24.3 Å². The van der Waals surface area contributed by atoms with Gasteiger partial charge in [0.2, 0.25) is 5.91 Å². The van der Waals surface area contributed by atoms with E-state index in [-0.39, 0.29) is 5.91 Å². The van der Waals surface area contributed by atoms with Crippen LogP contribution in [0.15, 0.2) is 0 Å². The van der Waals surface area contributed by atoms with Crippen molar-refractivity contribution in [3.63, 3.8) is 0 Å². The van der Waals surface area contributed by atoms with Gasteiger partial charge >= 0.3 is 0 Å². The molecule has 0 aromatic carbocycles. The summed E-state index contributed by atoms with van der Waals surface area (Å²) in [6, 6.07) is 0. The molecule has 2 aliphatic rings. The largest absolute Gasteiger partial charge is 0.339 e. The number of rotatable bonds is 3. The lowest BCUT2D eigenvalue weighted by Gasteiger charge is -2.35. The van der Waals surface area contributed by atoms with Gasteiger partial charge in [0.25, 0.3) is 0 Å². The molecule has 3 rings (SSSR count). The Morgan fingerprint density at radius 3 is 2.64 bits per heavy atom. The van der Waals surface area contributed by atoms with Gasteiger partial charge in [-0.05, 0) is 26.7 Å². The van der Waals surface area contributed by atoms with Crippen molar-refractivity contribution in [3.8, 4) is 0 Å². The maximum atomic E-state index is 11.9. The molecule has 1 amide bonds. The fourth-order valence-electron chi connectivity index (χ4n) is 3.47. The molecule has 122 valence electrons. The first-order valence-electron chi connectivity index (χ1n) is 8.26. The number of fused-ring (bicyclic) bond motifs is 1. The molecular weight excluding hydrogens is 300 g/mol. The molecule has 1 atom stereocenters. The monoisotopic (exact) mass is 324 g/mol. The summed E-state index contributed by atoms with van der Waals surface area (Å²) in [5, 5.41) is -0.421. The van der Waals surface area contributed by atoms with Gasteiger partial charge in [-0.3, -0.25) is 9.69 Å². The highest BCUT2D eigenvalue weighted by molar-refractivity contribution is 6.30. The summed E-state index contributed by atoms with van der Waals surface area (Å²) in [7, 11) is 0. The van der Waals surface area contributed by atoms with Crippen LogP contribution >= 0.6 is 11.6 Å². The van der Waals surface area contributed by atoms with E-state index >= 15 is 0 Å². The number of carbonyl (C=O) groups is 1. The van der Waals surface area contributed by atoms with E-state index in [4.69, 9.17) is 16.6 Å². The minimum atomic E-state index is -0.421. The Labute approximate surface area is 137 Å². The third kappa shape index (κ3) is 3.15. The second kappa shape index (κ2) is 6.59. The molecule has 0 spiro atoms. The first kappa shape index (κ1) is 15.8. The summed E-state index contributed by atoms with van der Waals surface area (Å²) < 4.78 is 2.41. The maximum Gasteiger partial charge on any atom is 0.240 e. The van der Waals surface area contributed by atoms with Gasteiger partial charge in [-0.2, -0.15) is 0 Å². The van der Waals surface area contributed by atoms with Crippen molar-refractivity contribution in [1.29, 1.82) is 0 Å². The number of halogens is 1. The topological polar surface area (TPSA) is 41.4 Å². The van der Waals surface area contributed by atoms with E-state index in [1.165, 1.54) is 30.1 Å². The van der Waals surface area contributed by atoms with Gasteiger partial charge in [0, 0.05) is 45.7 Å². The van der Waals surface area contributed by atoms with Gasteiger partial charge in [-0.25, -0.2) is 4.98 Å². The number of hydrogen-bond acceptors (Lipinski definition) is 3. The Balaban J connectivity index is 1.62. The van der Waals surface area contributed by atoms with E-state index in [1.54, 1.807) is 6.92 Å². The standard InChI is InChI=1S/C16H25ClN4O/c1-12(17)16(22)20-9-7-19(8-10-20)11-14-13(2)18-15-5-3-4-6-21(14)15/h12H,3-11H2,1-2H3. The summed E-state index contributed by atoms with van der Waals surface area (Å²) in [5.41, 5.74) is 2.53. The first-order chi connectivity index (χ1) is 10.6. The Morgan fingerprint density at radius 2 is 1.95 bits per heavy atom. The quantitative estimate of drug-likeness (QED) is 0.796. The van der Waals surface area contributed by atoms with Crippen LogP contribution in [0.5, 0.6) is 0 Å². The zero-order chi connectivity index (χ0) is 15.7. The van der Waals surface area contributed by atoms with Crippen molar-refractivity contribution < 1.29 is 4.79 Å². The van der Waals surface area contributed by atoms with Crippen molar-refractivity contribution in [3.05, 3.63) is 17.2 Å². The van der Waals surface area contributed by atoms with E-state index in [0.717, 1.165) is 45.7 Å². The van der Waals surface area contributed by atoms with E-state index in [2.05, 4.69) is 16.4 Å². The number of alkyl halides is 1. The molecule has 0 aliphatic carbocycles. The van der Waals surface area contributed by atoms with Crippen molar-refractivity contribution in [2.24, 2.45) is 0 Å². The van der Waals surface area contributed by atoms with Crippen LogP contribution in [-0.4, -0.2) is 56.8 Å². The van der Waals surface area contributed by atoms with Gasteiger partial charge in [0.15, 0.2) is 0 Å². The van der Waals surface area contributed by atoms with Crippen molar-refractivity contribution in [2.75, 3.05) is 26.2 Å². The molecular formula is C16H25ClN4O. The molecule has 1 fully saturated rings. The summed E-state index contributed by atoms with van der Waals surface area (Å²) in [5.74, 6) is 1.31. The molecule has 0 bridgehead atoms. The van der Waals surface area contributed by atoms with Crippen LogP contribution in [0.3, 0.4) is 0 Å². The van der Waals surface area contributed by atoms with E-state index < -0.39 is 5.38 Å². The molecule has 0 radical (unpaired) electrons. The van der Waals surface area contributed by atoms with Crippen molar-refractivity contribution in [2.45, 2.75) is 51.6 Å². The maximum absolute atomic E-state index is 11.9. The summed E-state index contributed by atoms with van der Waals surface area (Å²) in [6.07, 6.45) is 3.62. The highest BCUT2D eigenvalue weighted by atomic mass is 35.5. The van der Waals surface area contributed by atoms with Crippen LogP contribution in [0.1, 0.15) is 37.0 Å². The fraction of sp³-hybridized carbons (Fsp3) is 0.750. The second-order valence-electron chi connectivity index (χ2n) is 6.39. The number of piperazine rings is 1. The van der Waals surface area contributed by atoms with Crippen molar-refractivity contribution in [1.82, 2.24) is 19.4 Å². The zero-order valence-electron chi connectivity index (χ0n) is 13.5. The third-order valence-electron chi connectivity index (χ3n) is 4.78. The summed E-state index contributed by atoms with van der Waals surface area (Å²) in [4.78, 5) is 21.0. The normalized spacial score (nSPS) is 20.8. The Morgan fingerprint density at radius 1 is 1.23 bits per heavy atom. The molecule has 1 unspecified atom stereocenters. The SMILES string of the molecule is Cc1nc2n(c1CN1CCN(C(=O)C(C)Cl)CC1)CCCC2. The number of imidazole rings is 1. The predicted molar refractivity (Wildman–Crippen MR) is 87.1 cm³/mol. The zero-order valence-corrected chi connectivity index (χ0v) is 14.3. The summed E-state index contributed by atoms with van der Waals surface area (Å²) >= 11 is 5.90. The molecule has 1 aromatic heterocycles. The molecule has 22 heavy (non-hydrogen) atoms. The molecule has 1 saturated heterocycles. The van der Waals surface area contributed by atoms with Gasteiger partial charge < -0.3 is 9.47 Å². The number of hydrogen-bond donors (Lipinski definition) is 0. The highest BCUT2D eigenvalue weighted by Gasteiger charge is 2.25. The number of aryl methyl sites for hydroxylation is 2.